The van der Waals surface area contributed by atoms with Crippen LogP contribution in [0.4, 0.5) is 10.5 Å². The van der Waals surface area contributed by atoms with Crippen molar-refractivity contribution in [1.29, 1.82) is 5.26 Å². The molecule has 1 atom stereocenters. The lowest BCUT2D eigenvalue weighted by Gasteiger charge is -2.13. The van der Waals surface area contributed by atoms with Crippen molar-refractivity contribution in [1.82, 2.24) is 5.32 Å². The molecule has 25 heavy (non-hydrogen) atoms. The minimum absolute atomic E-state index is 0.298. The fourth-order valence-electron chi connectivity index (χ4n) is 2.75. The normalized spacial score (nSPS) is 21.2. The molecule has 0 aromatic heterocycles. The molecule has 1 aromatic rings. The molecule has 2 fully saturated rings. The average Bonchev–Trinajstić information content (AvgIpc) is 3.35. The minimum atomic E-state index is -0.404. The molecule has 2 aliphatic rings. The van der Waals surface area contributed by atoms with Crippen LogP contribution in [0.3, 0.4) is 0 Å². The number of thioether (sulfide) groups is 1. The van der Waals surface area contributed by atoms with Crippen molar-refractivity contribution < 1.29 is 9.53 Å². The molecule has 0 bridgehead atoms. The molecule has 1 N–H and O–H groups in total. The van der Waals surface area contributed by atoms with Crippen LogP contribution in [0.15, 0.2) is 29.3 Å². The van der Waals surface area contributed by atoms with E-state index in [1.165, 1.54) is 11.8 Å². The second-order valence-corrected chi connectivity index (χ2v) is 6.69. The molecular formula is C17H17N5O2S. The number of anilines is 1. The third kappa shape index (κ3) is 3.54. The van der Waals surface area contributed by atoms with Crippen LogP contribution in [0.25, 0.3) is 4.85 Å². The number of cyclic esters (lactones) is 1. The van der Waals surface area contributed by atoms with Crippen molar-refractivity contribution in [3.63, 3.8) is 0 Å². The first-order valence-corrected chi connectivity index (χ1v) is 9.05. The van der Waals surface area contributed by atoms with E-state index >= 15 is 0 Å². The summed E-state index contributed by atoms with van der Waals surface area (Å²) in [5.74, 6) is 0. The van der Waals surface area contributed by atoms with Crippen LogP contribution >= 0.6 is 11.8 Å². The van der Waals surface area contributed by atoms with Crippen molar-refractivity contribution >= 4 is 28.7 Å². The Hall–Kier alpha value is -2.71. The maximum absolute atomic E-state index is 12.1. The van der Waals surface area contributed by atoms with Crippen molar-refractivity contribution in [2.24, 2.45) is 4.99 Å². The zero-order valence-corrected chi connectivity index (χ0v) is 14.5. The smallest absolute Gasteiger partial charge is 0.414 e. The van der Waals surface area contributed by atoms with E-state index in [-0.39, 0.29) is 11.6 Å². The number of carbonyl (C=O) groups is 1. The summed E-state index contributed by atoms with van der Waals surface area (Å²) in [5, 5.41) is 11.6. The van der Waals surface area contributed by atoms with Crippen molar-refractivity contribution in [3.05, 3.63) is 41.2 Å². The molecule has 1 aliphatic heterocycles. The van der Waals surface area contributed by atoms with Gasteiger partial charge in [-0.05, 0) is 30.5 Å². The Morgan fingerprint density at radius 3 is 2.84 bits per heavy atom. The first-order chi connectivity index (χ1) is 12.1. The second kappa shape index (κ2) is 7.04. The molecule has 3 rings (SSSR count). The fourth-order valence-corrected chi connectivity index (χ4v) is 3.10. The summed E-state index contributed by atoms with van der Waals surface area (Å²) < 4.78 is 5.34. The topological polar surface area (TPSA) is 82.1 Å². The van der Waals surface area contributed by atoms with Gasteiger partial charge in [0.2, 0.25) is 0 Å². The second-order valence-electron chi connectivity index (χ2n) is 5.89. The van der Waals surface area contributed by atoms with E-state index < -0.39 is 6.09 Å². The van der Waals surface area contributed by atoms with E-state index in [1.807, 2.05) is 36.7 Å². The summed E-state index contributed by atoms with van der Waals surface area (Å²) in [6.07, 6.45) is 4.68. The fraction of sp³-hybridized carbons (Fsp3) is 0.412. The maximum atomic E-state index is 12.1. The SMILES string of the molecule is [C-]#[N+]C1(c2ccc(N3C[C@H](CN=C(NC#N)SC)OC3=O)cc2)CC1. The third-order valence-corrected chi connectivity index (χ3v) is 4.94. The van der Waals surface area contributed by atoms with Gasteiger partial charge in [-0.3, -0.25) is 15.2 Å². The van der Waals surface area contributed by atoms with Crippen molar-refractivity contribution in [2.75, 3.05) is 24.2 Å². The Morgan fingerprint density at radius 2 is 2.28 bits per heavy atom. The van der Waals surface area contributed by atoms with E-state index in [0.29, 0.717) is 18.3 Å². The first-order valence-electron chi connectivity index (χ1n) is 7.83. The molecule has 1 aromatic carbocycles. The van der Waals surface area contributed by atoms with Crippen molar-refractivity contribution in [3.8, 4) is 6.19 Å². The zero-order chi connectivity index (χ0) is 17.9. The number of nitriles is 1. The van der Waals surface area contributed by atoms with E-state index in [1.54, 1.807) is 4.90 Å². The van der Waals surface area contributed by atoms with Gasteiger partial charge in [-0.2, -0.15) is 5.26 Å². The largest absolute Gasteiger partial charge is 0.442 e. The Bertz CT molecular complexity index is 774. The number of aliphatic imine (C=N–C) groups is 1. The molecule has 7 nitrogen and oxygen atoms in total. The number of nitrogens with zero attached hydrogens (tertiary/aromatic N) is 4. The molecular weight excluding hydrogens is 338 g/mol. The number of hydrogen-bond acceptors (Lipinski definition) is 5. The van der Waals surface area contributed by atoms with Gasteiger partial charge in [-0.15, -0.1) is 0 Å². The molecule has 1 amide bonds. The summed E-state index contributed by atoms with van der Waals surface area (Å²) in [4.78, 5) is 21.6. The van der Waals surface area contributed by atoms with Gasteiger partial charge in [0.05, 0.1) is 13.1 Å². The van der Waals surface area contributed by atoms with Gasteiger partial charge in [0, 0.05) is 24.1 Å². The highest BCUT2D eigenvalue weighted by Crippen LogP contribution is 2.49. The van der Waals surface area contributed by atoms with Crippen LogP contribution in [0.5, 0.6) is 0 Å². The molecule has 0 spiro atoms. The van der Waals surface area contributed by atoms with Crippen LogP contribution in [-0.2, 0) is 10.3 Å². The number of benzene rings is 1. The quantitative estimate of drug-likeness (QED) is 0.295. The van der Waals surface area contributed by atoms with E-state index in [0.717, 1.165) is 24.1 Å². The lowest BCUT2D eigenvalue weighted by atomic mass is 10.1. The lowest BCUT2D eigenvalue weighted by Crippen LogP contribution is -2.25. The number of amides is 1. The number of carbonyl (C=O) groups excluding carboxylic acids is 1. The van der Waals surface area contributed by atoms with E-state index in [9.17, 15) is 4.79 Å². The number of ether oxygens (including phenoxy) is 1. The number of nitrogens with one attached hydrogen (secondary N) is 1. The third-order valence-electron chi connectivity index (χ3n) is 4.32. The highest BCUT2D eigenvalue weighted by atomic mass is 32.2. The zero-order valence-electron chi connectivity index (χ0n) is 13.7. The highest BCUT2D eigenvalue weighted by molar-refractivity contribution is 8.13. The monoisotopic (exact) mass is 355 g/mol. The maximum Gasteiger partial charge on any atom is 0.414 e. The predicted molar refractivity (Wildman–Crippen MR) is 96.1 cm³/mol. The number of hydrogen-bond donors (Lipinski definition) is 1. The van der Waals surface area contributed by atoms with E-state index in [2.05, 4.69) is 15.2 Å². The Labute approximate surface area is 150 Å². The minimum Gasteiger partial charge on any atom is -0.442 e. The van der Waals surface area contributed by atoms with Crippen LogP contribution in [0.2, 0.25) is 0 Å². The summed E-state index contributed by atoms with van der Waals surface area (Å²) in [6, 6.07) is 7.56. The van der Waals surface area contributed by atoms with Crippen molar-refractivity contribution in [2.45, 2.75) is 24.5 Å². The highest BCUT2D eigenvalue weighted by Gasteiger charge is 2.52. The Kier molecular flexibility index (Phi) is 4.82. The molecule has 1 saturated heterocycles. The first kappa shape index (κ1) is 17.1. The van der Waals surface area contributed by atoms with Gasteiger partial charge < -0.3 is 9.58 Å². The van der Waals surface area contributed by atoms with Crippen LogP contribution in [0, 0.1) is 18.0 Å². The Balaban J connectivity index is 1.65. The van der Waals surface area contributed by atoms with Crippen LogP contribution < -0.4 is 10.2 Å². The molecule has 1 aliphatic carbocycles. The van der Waals surface area contributed by atoms with Crippen LogP contribution in [0.1, 0.15) is 18.4 Å². The molecule has 1 saturated carbocycles. The van der Waals surface area contributed by atoms with Gasteiger partial charge in [0.15, 0.2) is 11.4 Å². The number of amidine groups is 1. The van der Waals surface area contributed by atoms with Gasteiger partial charge >= 0.3 is 6.09 Å². The summed E-state index contributed by atoms with van der Waals surface area (Å²) >= 11 is 1.33. The average molecular weight is 355 g/mol. The van der Waals surface area contributed by atoms with Gasteiger partial charge in [0.25, 0.3) is 5.54 Å². The van der Waals surface area contributed by atoms with Crippen LogP contribution in [-0.4, -0.2) is 36.7 Å². The molecule has 0 radical (unpaired) electrons. The summed E-state index contributed by atoms with van der Waals surface area (Å²) in [7, 11) is 0. The van der Waals surface area contributed by atoms with Gasteiger partial charge in [-0.1, -0.05) is 11.8 Å². The summed E-state index contributed by atoms with van der Waals surface area (Å²) in [5.41, 5.74) is 1.41. The lowest BCUT2D eigenvalue weighted by molar-refractivity contribution is 0.145. The van der Waals surface area contributed by atoms with Gasteiger partial charge in [-0.25, -0.2) is 11.4 Å². The molecule has 1 heterocycles. The number of rotatable bonds is 4. The Morgan fingerprint density at radius 1 is 1.56 bits per heavy atom. The standard InChI is InChI=1S/C17H17N5O2S/c1-19-17(7-8-17)12-3-5-13(6-4-12)22-10-14(24-16(22)23)9-20-15(25-2)21-11-18/h3-6,14H,7-10H2,2H3,(H,20,21)/t14-/m0/s1. The van der Waals surface area contributed by atoms with E-state index in [4.69, 9.17) is 16.6 Å². The molecule has 128 valence electrons. The molecule has 8 heteroatoms. The molecule has 0 unspecified atom stereocenters. The summed E-state index contributed by atoms with van der Waals surface area (Å²) in [6.45, 7) is 8.02. The predicted octanol–water partition coefficient (Wildman–Crippen LogP) is 2.71. The van der Waals surface area contributed by atoms with Gasteiger partial charge in [0.1, 0.15) is 6.10 Å².